The number of carbonyl (C=O) groups excluding carboxylic acids is 1. The van der Waals surface area contributed by atoms with Crippen molar-refractivity contribution in [2.45, 2.75) is 46.0 Å². The molecule has 3 atom stereocenters. The number of hydrogen-bond acceptors (Lipinski definition) is 2. The van der Waals surface area contributed by atoms with Gasteiger partial charge in [-0.05, 0) is 62.4 Å². The summed E-state index contributed by atoms with van der Waals surface area (Å²) in [6, 6.07) is 0. The van der Waals surface area contributed by atoms with E-state index in [1.54, 1.807) is 0 Å². The summed E-state index contributed by atoms with van der Waals surface area (Å²) < 4.78 is 0. The first-order valence-electron chi connectivity index (χ1n) is 7.64. The molecular weight excluding hydrogens is 224 g/mol. The van der Waals surface area contributed by atoms with Crippen LogP contribution in [0.2, 0.25) is 0 Å². The van der Waals surface area contributed by atoms with Gasteiger partial charge in [-0.2, -0.15) is 0 Å². The highest BCUT2D eigenvalue weighted by Crippen LogP contribution is 2.36. The largest absolute Gasteiger partial charge is 0.356 e. The van der Waals surface area contributed by atoms with E-state index in [4.69, 9.17) is 0 Å². The minimum absolute atomic E-state index is 0.251. The van der Waals surface area contributed by atoms with Crippen LogP contribution < -0.4 is 10.6 Å². The van der Waals surface area contributed by atoms with Crippen LogP contribution in [0.3, 0.4) is 0 Å². The third kappa shape index (κ3) is 4.27. The van der Waals surface area contributed by atoms with E-state index in [-0.39, 0.29) is 5.91 Å². The van der Waals surface area contributed by atoms with Crippen molar-refractivity contribution in [3.8, 4) is 0 Å². The molecule has 0 aromatic heterocycles. The van der Waals surface area contributed by atoms with E-state index in [2.05, 4.69) is 24.5 Å². The Kier molecular flexibility index (Phi) is 5.04. The van der Waals surface area contributed by atoms with Crippen LogP contribution in [0, 0.1) is 23.7 Å². The van der Waals surface area contributed by atoms with Gasteiger partial charge in [-0.15, -0.1) is 0 Å². The maximum atomic E-state index is 11.9. The van der Waals surface area contributed by atoms with Crippen molar-refractivity contribution in [3.05, 3.63) is 0 Å². The van der Waals surface area contributed by atoms with Crippen molar-refractivity contribution in [3.63, 3.8) is 0 Å². The lowest BCUT2D eigenvalue weighted by molar-refractivity contribution is -0.122. The molecular formula is C15H28N2O. The van der Waals surface area contributed by atoms with Crippen molar-refractivity contribution >= 4 is 5.91 Å². The molecule has 2 fully saturated rings. The van der Waals surface area contributed by atoms with E-state index in [9.17, 15) is 4.79 Å². The zero-order valence-electron chi connectivity index (χ0n) is 11.9. The van der Waals surface area contributed by atoms with E-state index in [1.807, 2.05) is 0 Å². The lowest BCUT2D eigenvalue weighted by Gasteiger charge is -2.28. The molecule has 2 rings (SSSR count). The molecule has 0 aromatic carbocycles. The normalized spacial score (nSPS) is 27.6. The number of amides is 1. The van der Waals surface area contributed by atoms with Gasteiger partial charge in [-0.1, -0.05) is 13.8 Å². The first-order valence-corrected chi connectivity index (χ1v) is 7.64. The molecule has 0 bridgehead atoms. The van der Waals surface area contributed by atoms with Crippen LogP contribution in [-0.4, -0.2) is 25.5 Å². The molecule has 104 valence electrons. The fourth-order valence-electron chi connectivity index (χ4n) is 3.00. The molecule has 18 heavy (non-hydrogen) atoms. The van der Waals surface area contributed by atoms with Crippen LogP contribution in [0.15, 0.2) is 0 Å². The monoisotopic (exact) mass is 252 g/mol. The molecule has 0 aromatic rings. The van der Waals surface area contributed by atoms with Gasteiger partial charge < -0.3 is 10.6 Å². The molecule has 2 aliphatic rings. The topological polar surface area (TPSA) is 41.1 Å². The van der Waals surface area contributed by atoms with Crippen LogP contribution in [0.25, 0.3) is 0 Å². The molecule has 1 amide bonds. The van der Waals surface area contributed by atoms with Gasteiger partial charge in [0.1, 0.15) is 0 Å². The van der Waals surface area contributed by atoms with E-state index in [1.165, 1.54) is 25.7 Å². The Bertz CT molecular complexity index is 270. The molecule has 3 unspecified atom stereocenters. The lowest BCUT2D eigenvalue weighted by atomic mass is 9.85. The minimum Gasteiger partial charge on any atom is -0.356 e. The Labute approximate surface area is 111 Å². The van der Waals surface area contributed by atoms with Crippen molar-refractivity contribution in [2.24, 2.45) is 23.7 Å². The maximum Gasteiger partial charge on any atom is 0.220 e. The summed E-state index contributed by atoms with van der Waals surface area (Å²) >= 11 is 0. The predicted molar refractivity (Wildman–Crippen MR) is 74.3 cm³/mol. The highest BCUT2D eigenvalue weighted by atomic mass is 16.1. The summed E-state index contributed by atoms with van der Waals surface area (Å²) in [5.41, 5.74) is 0. The number of hydrogen-bond donors (Lipinski definition) is 2. The van der Waals surface area contributed by atoms with Gasteiger partial charge in [-0.25, -0.2) is 0 Å². The van der Waals surface area contributed by atoms with Crippen LogP contribution in [0.1, 0.15) is 46.0 Å². The third-order valence-electron chi connectivity index (χ3n) is 4.70. The van der Waals surface area contributed by atoms with Gasteiger partial charge >= 0.3 is 0 Å². The zero-order chi connectivity index (χ0) is 13.0. The Balaban J connectivity index is 1.62. The van der Waals surface area contributed by atoms with Crippen molar-refractivity contribution < 1.29 is 4.79 Å². The van der Waals surface area contributed by atoms with Crippen molar-refractivity contribution in [1.82, 2.24) is 10.6 Å². The quantitative estimate of drug-likeness (QED) is 0.760. The molecule has 3 heteroatoms. The van der Waals surface area contributed by atoms with Gasteiger partial charge in [0.15, 0.2) is 0 Å². The molecule has 1 heterocycles. The lowest BCUT2D eigenvalue weighted by Crippen LogP contribution is -2.36. The second kappa shape index (κ2) is 6.55. The summed E-state index contributed by atoms with van der Waals surface area (Å²) in [4.78, 5) is 11.9. The number of nitrogens with one attached hydrogen (secondary N) is 2. The average Bonchev–Trinajstić information content (AvgIpc) is 3.21. The summed E-state index contributed by atoms with van der Waals surface area (Å²) in [5, 5.41) is 6.55. The van der Waals surface area contributed by atoms with Gasteiger partial charge in [0.2, 0.25) is 5.91 Å². The van der Waals surface area contributed by atoms with E-state index >= 15 is 0 Å². The average molecular weight is 252 g/mol. The third-order valence-corrected chi connectivity index (χ3v) is 4.70. The predicted octanol–water partition coefficient (Wildman–Crippen LogP) is 2.17. The number of carbonyl (C=O) groups is 1. The minimum atomic E-state index is 0.251. The summed E-state index contributed by atoms with van der Waals surface area (Å²) in [5.74, 6) is 2.99. The Hall–Kier alpha value is -0.570. The maximum absolute atomic E-state index is 11.9. The fraction of sp³-hybridized carbons (Fsp3) is 0.933. The van der Waals surface area contributed by atoms with Crippen molar-refractivity contribution in [1.29, 1.82) is 0 Å². The Morgan fingerprint density at radius 2 is 2.00 bits per heavy atom. The van der Waals surface area contributed by atoms with Gasteiger partial charge in [0.25, 0.3) is 0 Å². The van der Waals surface area contributed by atoms with Gasteiger partial charge in [-0.3, -0.25) is 4.79 Å². The van der Waals surface area contributed by atoms with Crippen LogP contribution in [-0.2, 0) is 4.79 Å². The standard InChI is InChI=1S/C15H28N2O/c1-11(14-4-3-7-16-10-14)8-15(18)17-9-12(2)13-5-6-13/h11-14,16H,3-10H2,1-2H3,(H,17,18). The zero-order valence-corrected chi connectivity index (χ0v) is 11.9. The molecule has 1 aliphatic carbocycles. The molecule has 1 aliphatic heterocycles. The van der Waals surface area contributed by atoms with E-state index < -0.39 is 0 Å². The molecule has 2 N–H and O–H groups in total. The van der Waals surface area contributed by atoms with Gasteiger partial charge in [0.05, 0.1) is 0 Å². The Morgan fingerprint density at radius 1 is 1.22 bits per heavy atom. The molecule has 0 spiro atoms. The second-order valence-corrected chi connectivity index (χ2v) is 6.41. The highest BCUT2D eigenvalue weighted by molar-refractivity contribution is 5.76. The summed E-state index contributed by atoms with van der Waals surface area (Å²) in [7, 11) is 0. The van der Waals surface area contributed by atoms with Crippen LogP contribution >= 0.6 is 0 Å². The molecule has 1 saturated carbocycles. The van der Waals surface area contributed by atoms with E-state index in [0.717, 1.165) is 25.6 Å². The number of piperidine rings is 1. The first-order chi connectivity index (χ1) is 8.66. The molecule has 1 saturated heterocycles. The number of rotatable bonds is 6. The second-order valence-electron chi connectivity index (χ2n) is 6.41. The fourth-order valence-corrected chi connectivity index (χ4v) is 3.00. The van der Waals surface area contributed by atoms with Crippen LogP contribution in [0.4, 0.5) is 0 Å². The first kappa shape index (κ1) is 13.9. The Morgan fingerprint density at radius 3 is 2.61 bits per heavy atom. The highest BCUT2D eigenvalue weighted by Gasteiger charge is 2.28. The molecule has 0 radical (unpaired) electrons. The van der Waals surface area contributed by atoms with E-state index in [0.29, 0.717) is 24.2 Å². The smallest absolute Gasteiger partial charge is 0.220 e. The summed E-state index contributed by atoms with van der Waals surface area (Å²) in [6.07, 6.45) is 5.96. The summed E-state index contributed by atoms with van der Waals surface area (Å²) in [6.45, 7) is 7.59. The molecule has 3 nitrogen and oxygen atoms in total. The van der Waals surface area contributed by atoms with Crippen LogP contribution in [0.5, 0.6) is 0 Å². The van der Waals surface area contributed by atoms with Gasteiger partial charge in [0, 0.05) is 13.0 Å². The SMILES string of the molecule is CC(CNC(=O)CC(C)C1CCCNC1)C1CC1. The van der Waals surface area contributed by atoms with Crippen molar-refractivity contribution in [2.75, 3.05) is 19.6 Å².